The van der Waals surface area contributed by atoms with E-state index in [1.165, 1.54) is 24.3 Å². The van der Waals surface area contributed by atoms with Crippen LogP contribution >= 0.6 is 0 Å². The molecule has 1 aliphatic rings. The molecule has 0 atom stereocenters. The van der Waals surface area contributed by atoms with Gasteiger partial charge in [0.05, 0.1) is 9.79 Å². The average Bonchev–Trinajstić information content (AvgIpc) is 3.21. The lowest BCUT2D eigenvalue weighted by atomic mass is 10.1. The molecule has 1 saturated carbocycles. The molecule has 124 valence electrons. The summed E-state index contributed by atoms with van der Waals surface area (Å²) in [6.07, 6.45) is 2.45. The summed E-state index contributed by atoms with van der Waals surface area (Å²) in [5.74, 6) is 0.406. The summed E-state index contributed by atoms with van der Waals surface area (Å²) in [5, 5.41) is 0. The number of sulfonamides is 2. The van der Waals surface area contributed by atoms with E-state index in [1.807, 2.05) is 13.8 Å². The Morgan fingerprint density at radius 2 is 1.50 bits per heavy atom. The van der Waals surface area contributed by atoms with Crippen LogP contribution in [0, 0.1) is 5.92 Å². The second kappa shape index (κ2) is 6.66. The van der Waals surface area contributed by atoms with E-state index in [0.717, 1.165) is 19.3 Å². The fourth-order valence-corrected chi connectivity index (χ4v) is 4.20. The van der Waals surface area contributed by atoms with Crippen molar-refractivity contribution in [2.24, 2.45) is 5.92 Å². The normalized spacial score (nSPS) is 16.1. The zero-order valence-corrected chi connectivity index (χ0v) is 14.4. The molecule has 0 aromatic heterocycles. The summed E-state index contributed by atoms with van der Waals surface area (Å²) in [7, 11) is -7.15. The number of hydrogen-bond acceptors (Lipinski definition) is 4. The molecular formula is C14H22N2O4S2. The molecule has 8 heteroatoms. The first-order valence-corrected chi connectivity index (χ1v) is 10.3. The van der Waals surface area contributed by atoms with Gasteiger partial charge in [-0.15, -0.1) is 0 Å². The van der Waals surface area contributed by atoms with Crippen molar-refractivity contribution >= 4 is 20.0 Å². The van der Waals surface area contributed by atoms with Crippen molar-refractivity contribution in [3.8, 4) is 0 Å². The number of nitrogens with one attached hydrogen (secondary N) is 2. The molecule has 0 heterocycles. The van der Waals surface area contributed by atoms with Crippen molar-refractivity contribution in [3.63, 3.8) is 0 Å². The molecule has 1 fully saturated rings. The van der Waals surface area contributed by atoms with Crippen molar-refractivity contribution in [1.82, 2.24) is 9.44 Å². The van der Waals surface area contributed by atoms with E-state index in [9.17, 15) is 16.8 Å². The number of hydrogen-bond donors (Lipinski definition) is 2. The molecule has 2 N–H and O–H groups in total. The molecule has 0 amide bonds. The first-order chi connectivity index (χ1) is 10.2. The minimum absolute atomic E-state index is 0.0195. The Balaban J connectivity index is 2.07. The van der Waals surface area contributed by atoms with Gasteiger partial charge in [-0.2, -0.15) is 0 Å². The van der Waals surface area contributed by atoms with Crippen LogP contribution in [-0.2, 0) is 20.0 Å². The highest BCUT2D eigenvalue weighted by Gasteiger charge is 2.28. The standard InChI is InChI=1S/C14H22N2O4S2/c1-11(2)9-10-15-21(17,18)13-5-7-14(8-6-13)22(19,20)16-12-3-4-12/h5-8,11-12,15-16H,3-4,9-10H2,1-2H3. The monoisotopic (exact) mass is 346 g/mol. The smallest absolute Gasteiger partial charge is 0.211 e. The van der Waals surface area contributed by atoms with Crippen molar-refractivity contribution < 1.29 is 16.8 Å². The maximum Gasteiger partial charge on any atom is 0.240 e. The fraction of sp³-hybridized carbons (Fsp3) is 0.571. The van der Waals surface area contributed by atoms with Gasteiger partial charge in [0, 0.05) is 12.6 Å². The van der Waals surface area contributed by atoms with Gasteiger partial charge in [-0.05, 0) is 49.4 Å². The average molecular weight is 346 g/mol. The van der Waals surface area contributed by atoms with E-state index in [4.69, 9.17) is 0 Å². The van der Waals surface area contributed by atoms with E-state index >= 15 is 0 Å². The predicted molar refractivity (Wildman–Crippen MR) is 84.4 cm³/mol. The van der Waals surface area contributed by atoms with Gasteiger partial charge in [0.25, 0.3) is 0 Å². The Morgan fingerprint density at radius 1 is 1.00 bits per heavy atom. The third kappa shape index (κ3) is 4.77. The Hall–Kier alpha value is -0.960. The molecule has 22 heavy (non-hydrogen) atoms. The van der Waals surface area contributed by atoms with E-state index in [1.54, 1.807) is 0 Å². The van der Waals surface area contributed by atoms with Crippen molar-refractivity contribution in [1.29, 1.82) is 0 Å². The van der Waals surface area contributed by atoms with Crippen molar-refractivity contribution in [2.75, 3.05) is 6.54 Å². The topological polar surface area (TPSA) is 92.3 Å². The summed E-state index contributed by atoms with van der Waals surface area (Å²) < 4.78 is 53.3. The molecule has 1 aromatic carbocycles. The van der Waals surface area contributed by atoms with Gasteiger partial charge in [-0.1, -0.05) is 13.8 Å². The van der Waals surface area contributed by atoms with Crippen LogP contribution in [0.3, 0.4) is 0 Å². The lowest BCUT2D eigenvalue weighted by Gasteiger charge is -2.09. The van der Waals surface area contributed by atoms with Gasteiger partial charge in [0.2, 0.25) is 20.0 Å². The van der Waals surface area contributed by atoms with Crippen molar-refractivity contribution in [2.45, 2.75) is 48.9 Å². The van der Waals surface area contributed by atoms with Gasteiger partial charge >= 0.3 is 0 Å². The molecule has 1 aliphatic carbocycles. The molecule has 0 aliphatic heterocycles. The minimum Gasteiger partial charge on any atom is -0.211 e. The Bertz CT molecular complexity index is 706. The number of benzene rings is 1. The molecule has 1 aromatic rings. The summed E-state index contributed by atoms with van der Waals surface area (Å²) in [6.45, 7) is 4.39. The number of rotatable bonds is 8. The molecule has 2 rings (SSSR count). The summed E-state index contributed by atoms with van der Waals surface area (Å²) in [4.78, 5) is 0.155. The van der Waals surface area contributed by atoms with Crippen LogP contribution in [0.15, 0.2) is 34.1 Å². The SMILES string of the molecule is CC(C)CCNS(=O)(=O)c1ccc(S(=O)(=O)NC2CC2)cc1. The first-order valence-electron chi connectivity index (χ1n) is 7.33. The van der Waals surface area contributed by atoms with E-state index < -0.39 is 20.0 Å². The van der Waals surface area contributed by atoms with Gasteiger partial charge in [0.1, 0.15) is 0 Å². The Labute approximate surface area is 132 Å². The van der Waals surface area contributed by atoms with Crippen LogP contribution in [0.4, 0.5) is 0 Å². The summed E-state index contributed by atoms with van der Waals surface area (Å²) in [6, 6.07) is 5.30. The third-order valence-electron chi connectivity index (χ3n) is 3.36. The largest absolute Gasteiger partial charge is 0.240 e. The molecular weight excluding hydrogens is 324 g/mol. The first kappa shape index (κ1) is 17.4. The summed E-state index contributed by atoms with van der Waals surface area (Å²) in [5.41, 5.74) is 0. The second-order valence-corrected chi connectivity index (χ2v) is 9.43. The molecule has 0 radical (unpaired) electrons. The molecule has 0 saturated heterocycles. The fourth-order valence-electron chi connectivity index (χ4n) is 1.85. The van der Waals surface area contributed by atoms with Gasteiger partial charge in [-0.25, -0.2) is 26.3 Å². The highest BCUT2D eigenvalue weighted by atomic mass is 32.2. The minimum atomic E-state index is -3.59. The Morgan fingerprint density at radius 3 is 1.95 bits per heavy atom. The highest BCUT2D eigenvalue weighted by Crippen LogP contribution is 2.22. The molecule has 6 nitrogen and oxygen atoms in total. The van der Waals surface area contributed by atoms with Crippen LogP contribution in [0.2, 0.25) is 0 Å². The van der Waals surface area contributed by atoms with E-state index in [2.05, 4.69) is 9.44 Å². The maximum atomic E-state index is 12.1. The highest BCUT2D eigenvalue weighted by molar-refractivity contribution is 7.90. The van der Waals surface area contributed by atoms with Crippen LogP contribution in [-0.4, -0.2) is 29.4 Å². The van der Waals surface area contributed by atoms with Crippen LogP contribution in [0.25, 0.3) is 0 Å². The van der Waals surface area contributed by atoms with Crippen molar-refractivity contribution in [3.05, 3.63) is 24.3 Å². The second-order valence-electron chi connectivity index (χ2n) is 5.95. The lowest BCUT2D eigenvalue weighted by molar-refractivity contribution is 0.551. The third-order valence-corrected chi connectivity index (χ3v) is 6.37. The van der Waals surface area contributed by atoms with Crippen LogP contribution < -0.4 is 9.44 Å². The molecule has 0 unspecified atom stereocenters. The van der Waals surface area contributed by atoms with E-state index in [0.29, 0.717) is 12.5 Å². The van der Waals surface area contributed by atoms with Gasteiger partial charge < -0.3 is 0 Å². The molecule has 0 bridgehead atoms. The summed E-state index contributed by atoms with van der Waals surface area (Å²) >= 11 is 0. The predicted octanol–water partition coefficient (Wildman–Crippen LogP) is 1.45. The Kier molecular flexibility index (Phi) is 5.26. The van der Waals surface area contributed by atoms with E-state index in [-0.39, 0.29) is 15.8 Å². The van der Waals surface area contributed by atoms with Crippen LogP contribution in [0.1, 0.15) is 33.1 Å². The zero-order chi connectivity index (χ0) is 16.4. The van der Waals surface area contributed by atoms with Gasteiger partial charge in [-0.3, -0.25) is 0 Å². The molecule has 0 spiro atoms. The van der Waals surface area contributed by atoms with Crippen LogP contribution in [0.5, 0.6) is 0 Å². The van der Waals surface area contributed by atoms with Gasteiger partial charge in [0.15, 0.2) is 0 Å². The quantitative estimate of drug-likeness (QED) is 0.745. The maximum absolute atomic E-state index is 12.1. The zero-order valence-electron chi connectivity index (χ0n) is 12.7. The lowest BCUT2D eigenvalue weighted by Crippen LogP contribution is -2.27.